The van der Waals surface area contributed by atoms with E-state index in [2.05, 4.69) is 252 Å². The predicted molar refractivity (Wildman–Crippen MR) is 576 cm³/mol. The lowest BCUT2D eigenvalue weighted by molar-refractivity contribution is 1.07. The van der Waals surface area contributed by atoms with Crippen LogP contribution in [0.4, 0.5) is 0 Å². The summed E-state index contributed by atoms with van der Waals surface area (Å²) in [4.78, 5) is 79.4. The smallest absolute Gasteiger partial charge is 0.164 e. The third kappa shape index (κ3) is 21.0. The molecule has 24 rings (SSSR count). The Hall–Kier alpha value is -19.9. The first-order valence-electron chi connectivity index (χ1n) is 47.2. The molecule has 0 N–H and O–H groups in total. The molecular formula is C127H85N17. The molecule has 0 atom stereocenters. The molecule has 0 bridgehead atoms. The summed E-state index contributed by atoms with van der Waals surface area (Å²) < 4.78 is 0. The minimum atomic E-state index is 0.606. The van der Waals surface area contributed by atoms with Gasteiger partial charge in [0.25, 0.3) is 0 Å². The quantitative estimate of drug-likeness (QED) is 0.0653. The zero-order valence-electron chi connectivity index (χ0n) is 77.7. The van der Waals surface area contributed by atoms with Crippen molar-refractivity contribution >= 4 is 0 Å². The van der Waals surface area contributed by atoms with Crippen molar-refractivity contribution < 1.29 is 0 Å². The number of benzene rings is 15. The number of nitrogens with zero attached hydrogens (tertiary/aromatic N) is 17. The van der Waals surface area contributed by atoms with Crippen LogP contribution < -0.4 is 0 Å². The maximum absolute atomic E-state index is 5.04. The van der Waals surface area contributed by atoms with Crippen molar-refractivity contribution in [1.82, 2.24) is 84.7 Å². The van der Waals surface area contributed by atoms with Gasteiger partial charge in [-0.25, -0.2) is 54.8 Å². The second kappa shape index (κ2) is 42.4. The average Bonchev–Trinajstić information content (AvgIpc) is 0.785. The molecule has 0 saturated carbocycles. The highest BCUT2D eigenvalue weighted by molar-refractivity contribution is 5.87. The Kier molecular flexibility index (Phi) is 26.3. The Balaban J connectivity index is 0.000000123. The lowest BCUT2D eigenvalue weighted by Gasteiger charge is -2.13. The van der Waals surface area contributed by atoms with Gasteiger partial charge in [-0.05, 0) is 197 Å². The van der Waals surface area contributed by atoms with E-state index >= 15 is 0 Å². The van der Waals surface area contributed by atoms with Gasteiger partial charge in [-0.1, -0.05) is 346 Å². The fourth-order valence-corrected chi connectivity index (χ4v) is 17.2. The summed E-state index contributed by atoms with van der Waals surface area (Å²) >= 11 is 0. The molecule has 9 aromatic heterocycles. The molecule has 144 heavy (non-hydrogen) atoms. The molecule has 9 heterocycles. The lowest BCUT2D eigenvalue weighted by Crippen LogP contribution is -2.00. The highest BCUT2D eigenvalue weighted by atomic mass is 15.1. The molecule has 15 aromatic carbocycles. The highest BCUT2D eigenvalue weighted by Gasteiger charge is 2.22. The zero-order chi connectivity index (χ0) is 96.4. The monoisotopic (exact) mass is 1850 g/mol. The number of hydrogen-bond donors (Lipinski definition) is 0. The van der Waals surface area contributed by atoms with Gasteiger partial charge in [0.1, 0.15) is 6.33 Å². The van der Waals surface area contributed by atoms with Crippen LogP contribution in [-0.2, 0) is 0 Å². The molecule has 0 amide bonds. The van der Waals surface area contributed by atoms with Crippen LogP contribution >= 0.6 is 0 Å². The van der Waals surface area contributed by atoms with Gasteiger partial charge in [-0.15, -0.1) is 0 Å². The van der Waals surface area contributed by atoms with E-state index in [4.69, 9.17) is 44.9 Å². The summed E-state index contributed by atoms with van der Waals surface area (Å²) in [5.74, 6) is 5.60. The summed E-state index contributed by atoms with van der Waals surface area (Å²) in [6.45, 7) is 0. The molecule has 678 valence electrons. The molecular weight excluding hydrogens is 1760 g/mol. The first kappa shape index (κ1) is 89.3. The number of hydrogen-bond acceptors (Lipinski definition) is 17. The van der Waals surface area contributed by atoms with Gasteiger partial charge < -0.3 is 0 Å². The predicted octanol–water partition coefficient (Wildman–Crippen LogP) is 29.8. The SMILES string of the molecule is c1ccc(-c2nc(-c3ccccc3)nc(-c3cc(-c4ccc(-c5cccnc5)cc4)cc(-c4ccc(-c5ccncn5)cc4)c3)n2)cc1.c1ccc(-c2nc(-c3ccccc3)nc(-c3cc(-c4ccc(-c5cccnc5)cc4)cc(-c4ccc(-c5cnccn5)cc4)c3)n2)cc1.c1ccc(-c2nc(-c3ccccc3)nc(-c3cc(-c4ccc(-c5ccncc5)cc4)cc(-c4ccc(-c5ccccn5)cc4)c3)n2)cc1. The summed E-state index contributed by atoms with van der Waals surface area (Å²) in [5.41, 5.74) is 33.6. The highest BCUT2D eigenvalue weighted by Crippen LogP contribution is 2.41. The van der Waals surface area contributed by atoms with E-state index in [-0.39, 0.29) is 0 Å². The van der Waals surface area contributed by atoms with Gasteiger partial charge in [0.2, 0.25) is 0 Å². The Morgan fingerprint density at radius 3 is 0.597 bits per heavy atom. The van der Waals surface area contributed by atoms with Crippen molar-refractivity contribution in [3.8, 4) is 236 Å². The molecule has 0 aliphatic heterocycles. The van der Waals surface area contributed by atoms with E-state index in [0.29, 0.717) is 52.4 Å². The van der Waals surface area contributed by atoms with Crippen LogP contribution in [0.1, 0.15) is 0 Å². The largest absolute Gasteiger partial charge is 0.265 e. The first-order chi connectivity index (χ1) is 71.3. The second-order valence-corrected chi connectivity index (χ2v) is 34.1. The number of rotatable bonds is 21. The van der Waals surface area contributed by atoms with Crippen molar-refractivity contribution in [3.05, 3.63) is 517 Å². The minimum absolute atomic E-state index is 0.606. The lowest BCUT2D eigenvalue weighted by atomic mass is 9.94. The van der Waals surface area contributed by atoms with E-state index in [9.17, 15) is 0 Å². The summed E-state index contributed by atoms with van der Waals surface area (Å²) in [5, 5.41) is 0. The van der Waals surface area contributed by atoms with Gasteiger partial charge in [0.05, 0.1) is 23.3 Å². The molecule has 24 aromatic rings. The summed E-state index contributed by atoms with van der Waals surface area (Å²) in [6.07, 6.45) is 21.3. The van der Waals surface area contributed by atoms with Gasteiger partial charge in [-0.3, -0.25) is 29.9 Å². The second-order valence-electron chi connectivity index (χ2n) is 34.1. The fraction of sp³-hybridized carbons (Fsp3) is 0. The van der Waals surface area contributed by atoms with Crippen LogP contribution in [0.5, 0.6) is 0 Å². The van der Waals surface area contributed by atoms with Gasteiger partial charge >= 0.3 is 0 Å². The fourth-order valence-electron chi connectivity index (χ4n) is 17.2. The Morgan fingerprint density at radius 1 is 0.104 bits per heavy atom. The standard InChI is InChI=1S/C43H29N5.2C42H28N6/c1-3-9-35(10-4-1)41-46-42(36-11-5-2-6-12-36)48-43(47-41)39-28-37(31-16-14-30(15-17-31)33-22-25-44-26-23-33)27-38(29-39)32-18-20-34(21-19-32)40-13-7-8-24-45-40;1-3-8-33(9-4-1)40-46-41(34-10-5-2-6-11-34)48-42(47-40)38-25-36(30-15-13-29(14-16-30)35-12-7-22-43-27-35)24-37(26-38)31-17-19-32(20-18-31)39-21-23-44-28-45-39;1-3-8-33(9-4-1)40-46-41(34-10-5-2-6-11-34)48-42(47-40)38-25-36(30-15-13-29(14-16-30)35-12-7-21-43-27-35)24-37(26-38)31-17-19-32(20-18-31)39-28-44-22-23-45-39/h1-29H;2*1-28H. The third-order valence-electron chi connectivity index (χ3n) is 24.7. The minimum Gasteiger partial charge on any atom is -0.265 e. The molecule has 17 nitrogen and oxygen atoms in total. The van der Waals surface area contributed by atoms with Crippen LogP contribution in [0.2, 0.25) is 0 Å². The Morgan fingerprint density at radius 2 is 0.333 bits per heavy atom. The topological polar surface area (TPSA) is 219 Å². The van der Waals surface area contributed by atoms with Crippen molar-refractivity contribution in [3.63, 3.8) is 0 Å². The van der Waals surface area contributed by atoms with Crippen LogP contribution in [0.25, 0.3) is 236 Å². The normalized spacial score (nSPS) is 10.9. The van der Waals surface area contributed by atoms with Gasteiger partial charge in [-0.2, -0.15) is 0 Å². The van der Waals surface area contributed by atoms with Crippen LogP contribution in [0.15, 0.2) is 517 Å². The maximum atomic E-state index is 5.04. The Bertz CT molecular complexity index is 7200. The maximum Gasteiger partial charge on any atom is 0.164 e. The van der Waals surface area contributed by atoms with Crippen LogP contribution in [0, 0.1) is 0 Å². The summed E-state index contributed by atoms with van der Waals surface area (Å²) in [7, 11) is 0. The Labute approximate surface area is 832 Å². The average molecular weight is 1850 g/mol. The third-order valence-corrected chi connectivity index (χ3v) is 24.7. The molecule has 17 heteroatoms. The number of pyridine rings is 4. The molecule has 0 saturated heterocycles. The number of aromatic nitrogens is 17. The zero-order valence-corrected chi connectivity index (χ0v) is 77.7. The first-order valence-corrected chi connectivity index (χ1v) is 47.2. The molecule has 0 aliphatic carbocycles. The van der Waals surface area contributed by atoms with Crippen molar-refractivity contribution in [2.45, 2.75) is 0 Å². The van der Waals surface area contributed by atoms with Gasteiger partial charge in [0, 0.05) is 129 Å². The molecule has 0 unspecified atom stereocenters. The van der Waals surface area contributed by atoms with Crippen LogP contribution in [0.3, 0.4) is 0 Å². The van der Waals surface area contributed by atoms with E-state index < -0.39 is 0 Å². The van der Waals surface area contributed by atoms with Crippen LogP contribution in [-0.4, -0.2) is 84.7 Å². The molecule has 0 spiro atoms. The summed E-state index contributed by atoms with van der Waals surface area (Å²) in [6, 6.07) is 151. The van der Waals surface area contributed by atoms with E-state index in [1.54, 1.807) is 43.5 Å². The van der Waals surface area contributed by atoms with E-state index in [1.807, 2.05) is 262 Å². The van der Waals surface area contributed by atoms with Crippen molar-refractivity contribution in [2.75, 3.05) is 0 Å². The van der Waals surface area contributed by atoms with Crippen molar-refractivity contribution in [2.24, 2.45) is 0 Å². The molecule has 0 radical (unpaired) electrons. The van der Waals surface area contributed by atoms with E-state index in [0.717, 1.165) is 184 Å². The van der Waals surface area contributed by atoms with Crippen molar-refractivity contribution in [1.29, 1.82) is 0 Å². The van der Waals surface area contributed by atoms with Gasteiger partial charge in [0.15, 0.2) is 52.4 Å². The van der Waals surface area contributed by atoms with E-state index in [1.165, 1.54) is 0 Å². The molecule has 0 fully saturated rings. The molecule has 0 aliphatic rings.